The number of hydrogen-bond donors (Lipinski definition) is 1. The summed E-state index contributed by atoms with van der Waals surface area (Å²) in [5.74, 6) is 0.382. The Morgan fingerprint density at radius 2 is 2.16 bits per heavy atom. The van der Waals surface area contributed by atoms with Crippen molar-refractivity contribution >= 4 is 32.0 Å². The largest absolute Gasteiger partial charge is 0.385 e. The molecule has 1 aliphatic rings. The molecular formula is C10H15N3O4S2. The van der Waals surface area contributed by atoms with Crippen molar-refractivity contribution in [1.82, 2.24) is 4.31 Å². The predicted octanol–water partition coefficient (Wildman–Crippen LogP) is 1.66. The number of hydrogen-bond acceptors (Lipinski definition) is 6. The number of thiophene rings is 1. The molecule has 0 aliphatic heterocycles. The molecule has 1 aromatic rings. The second-order valence-electron chi connectivity index (χ2n) is 4.67. The van der Waals surface area contributed by atoms with E-state index in [-0.39, 0.29) is 20.9 Å². The highest BCUT2D eigenvalue weighted by Gasteiger charge is 2.37. The second kappa shape index (κ2) is 4.73. The summed E-state index contributed by atoms with van der Waals surface area (Å²) in [7, 11) is -2.21. The van der Waals surface area contributed by atoms with E-state index in [1.54, 1.807) is 0 Å². The minimum Gasteiger partial charge on any atom is -0.385 e. The summed E-state index contributed by atoms with van der Waals surface area (Å²) >= 11 is 0.734. The van der Waals surface area contributed by atoms with E-state index in [0.29, 0.717) is 5.92 Å². The van der Waals surface area contributed by atoms with E-state index in [1.807, 2.05) is 6.92 Å². The Kier molecular flexibility index (Phi) is 3.54. The lowest BCUT2D eigenvalue weighted by Crippen LogP contribution is -2.36. The summed E-state index contributed by atoms with van der Waals surface area (Å²) in [5, 5.41) is 10.6. The molecule has 1 heterocycles. The molecule has 0 saturated heterocycles. The fourth-order valence-corrected chi connectivity index (χ4v) is 4.70. The highest BCUT2D eigenvalue weighted by atomic mass is 32.2. The number of anilines is 1. The SMILES string of the molecule is CC(C1CC1)N(C)S(=O)(=O)c1cc([N+](=O)[O-])c(N)s1. The molecule has 0 amide bonds. The molecule has 7 nitrogen and oxygen atoms in total. The summed E-state index contributed by atoms with van der Waals surface area (Å²) in [4.78, 5) is 10.0. The van der Waals surface area contributed by atoms with Crippen molar-refractivity contribution in [2.75, 3.05) is 12.8 Å². The van der Waals surface area contributed by atoms with Crippen molar-refractivity contribution in [3.05, 3.63) is 16.2 Å². The Hall–Kier alpha value is -1.19. The molecule has 1 fully saturated rings. The van der Waals surface area contributed by atoms with Gasteiger partial charge in [-0.3, -0.25) is 10.1 Å². The van der Waals surface area contributed by atoms with Crippen molar-refractivity contribution in [3.63, 3.8) is 0 Å². The average Bonchev–Trinajstić information content (AvgIpc) is 3.09. The number of nitrogens with zero attached hydrogens (tertiary/aromatic N) is 2. The number of nitrogen functional groups attached to an aromatic ring is 1. The monoisotopic (exact) mass is 305 g/mol. The summed E-state index contributed by atoms with van der Waals surface area (Å²) in [6.07, 6.45) is 2.04. The van der Waals surface area contributed by atoms with Gasteiger partial charge < -0.3 is 5.73 Å². The summed E-state index contributed by atoms with van der Waals surface area (Å²) in [5.41, 5.74) is 5.13. The fraction of sp³-hybridized carbons (Fsp3) is 0.600. The maximum Gasteiger partial charge on any atom is 0.304 e. The van der Waals surface area contributed by atoms with E-state index in [1.165, 1.54) is 11.4 Å². The number of sulfonamides is 1. The molecule has 0 spiro atoms. The van der Waals surface area contributed by atoms with E-state index in [0.717, 1.165) is 30.2 Å². The standard InChI is InChI=1S/C10H15N3O4S2/c1-6(7-3-4-7)12(2)19(16,17)9-5-8(13(14)15)10(11)18-9/h5-7H,3-4,11H2,1-2H3. The van der Waals surface area contributed by atoms with Gasteiger partial charge in [-0.05, 0) is 25.7 Å². The molecule has 1 aliphatic carbocycles. The Morgan fingerprint density at radius 3 is 2.58 bits per heavy atom. The summed E-state index contributed by atoms with van der Waals surface area (Å²) in [6, 6.07) is 0.929. The maximum absolute atomic E-state index is 12.4. The normalized spacial score (nSPS) is 17.6. The molecule has 1 unspecified atom stereocenters. The van der Waals surface area contributed by atoms with Crippen molar-refractivity contribution in [1.29, 1.82) is 0 Å². The van der Waals surface area contributed by atoms with Crippen molar-refractivity contribution in [3.8, 4) is 0 Å². The lowest BCUT2D eigenvalue weighted by Gasteiger charge is -2.23. The molecule has 0 radical (unpaired) electrons. The first-order chi connectivity index (χ1) is 8.75. The van der Waals surface area contributed by atoms with Crippen LogP contribution in [0.1, 0.15) is 19.8 Å². The zero-order valence-electron chi connectivity index (χ0n) is 10.6. The van der Waals surface area contributed by atoms with E-state index >= 15 is 0 Å². The number of rotatable bonds is 5. The Morgan fingerprint density at radius 1 is 1.58 bits per heavy atom. The predicted molar refractivity (Wildman–Crippen MR) is 72.5 cm³/mol. The van der Waals surface area contributed by atoms with Crippen LogP contribution in [-0.2, 0) is 10.0 Å². The summed E-state index contributed by atoms with van der Waals surface area (Å²) in [6.45, 7) is 1.85. The molecule has 1 saturated carbocycles. The van der Waals surface area contributed by atoms with Gasteiger partial charge in [0.1, 0.15) is 4.21 Å². The third-order valence-electron chi connectivity index (χ3n) is 3.43. The number of nitrogens with two attached hydrogens (primary N) is 1. The van der Waals surface area contributed by atoms with Crippen LogP contribution in [0, 0.1) is 16.0 Å². The van der Waals surface area contributed by atoms with E-state index in [2.05, 4.69) is 0 Å². The molecule has 19 heavy (non-hydrogen) atoms. The molecule has 9 heteroatoms. The van der Waals surface area contributed by atoms with Gasteiger partial charge in [-0.15, -0.1) is 0 Å². The van der Waals surface area contributed by atoms with Gasteiger partial charge in [-0.25, -0.2) is 8.42 Å². The second-order valence-corrected chi connectivity index (χ2v) is 7.98. The van der Waals surface area contributed by atoms with Crippen molar-refractivity contribution in [2.24, 2.45) is 5.92 Å². The average molecular weight is 305 g/mol. The maximum atomic E-state index is 12.4. The van der Waals surface area contributed by atoms with Crippen LogP contribution < -0.4 is 5.73 Å². The first kappa shape index (κ1) is 14.2. The van der Waals surface area contributed by atoms with Gasteiger partial charge in [-0.1, -0.05) is 11.3 Å². The summed E-state index contributed by atoms with van der Waals surface area (Å²) < 4.78 is 25.9. The third kappa shape index (κ3) is 2.58. The van der Waals surface area contributed by atoms with Gasteiger partial charge in [0, 0.05) is 19.2 Å². The minimum atomic E-state index is -3.71. The van der Waals surface area contributed by atoms with Gasteiger partial charge in [0.2, 0.25) is 0 Å². The zero-order valence-corrected chi connectivity index (χ0v) is 12.2. The topological polar surface area (TPSA) is 107 Å². The van der Waals surface area contributed by atoms with Crippen LogP contribution in [0.25, 0.3) is 0 Å². The van der Waals surface area contributed by atoms with Crippen molar-refractivity contribution in [2.45, 2.75) is 30.0 Å². The molecule has 0 bridgehead atoms. The number of nitro groups is 1. The van der Waals surface area contributed by atoms with Crippen LogP contribution in [-0.4, -0.2) is 30.7 Å². The molecule has 2 N–H and O–H groups in total. The fourth-order valence-electron chi connectivity index (χ4n) is 1.88. The molecular weight excluding hydrogens is 290 g/mol. The van der Waals surface area contributed by atoms with Crippen LogP contribution in [0.5, 0.6) is 0 Å². The van der Waals surface area contributed by atoms with E-state index in [9.17, 15) is 18.5 Å². The van der Waals surface area contributed by atoms with Gasteiger partial charge in [0.15, 0.2) is 5.00 Å². The quantitative estimate of drug-likeness (QED) is 0.657. The van der Waals surface area contributed by atoms with Gasteiger partial charge in [0.25, 0.3) is 10.0 Å². The first-order valence-corrected chi connectivity index (χ1v) is 8.02. The van der Waals surface area contributed by atoms with Crippen LogP contribution in [0.2, 0.25) is 0 Å². The first-order valence-electron chi connectivity index (χ1n) is 5.77. The Labute approximate surface area is 115 Å². The molecule has 1 aromatic heterocycles. The van der Waals surface area contributed by atoms with Crippen LogP contribution in [0.15, 0.2) is 10.3 Å². The molecule has 2 rings (SSSR count). The minimum absolute atomic E-state index is 0.0771. The van der Waals surface area contributed by atoms with Crippen LogP contribution in [0.3, 0.4) is 0 Å². The van der Waals surface area contributed by atoms with Gasteiger partial charge in [-0.2, -0.15) is 4.31 Å². The van der Waals surface area contributed by atoms with Gasteiger partial charge in [0.05, 0.1) is 4.92 Å². The van der Waals surface area contributed by atoms with E-state index < -0.39 is 14.9 Å². The smallest absolute Gasteiger partial charge is 0.304 e. The van der Waals surface area contributed by atoms with Crippen LogP contribution in [0.4, 0.5) is 10.7 Å². The lowest BCUT2D eigenvalue weighted by atomic mass is 10.2. The molecule has 0 aromatic carbocycles. The Bertz CT molecular complexity index is 606. The van der Waals surface area contributed by atoms with E-state index in [4.69, 9.17) is 5.73 Å². The Balaban J connectivity index is 2.33. The molecule has 1 atom stereocenters. The van der Waals surface area contributed by atoms with Crippen molar-refractivity contribution < 1.29 is 13.3 Å². The molecule has 106 valence electrons. The van der Waals surface area contributed by atoms with Crippen LogP contribution >= 0.6 is 11.3 Å². The highest BCUT2D eigenvalue weighted by molar-refractivity contribution is 7.91. The van der Waals surface area contributed by atoms with Gasteiger partial charge >= 0.3 is 5.69 Å². The highest BCUT2D eigenvalue weighted by Crippen LogP contribution is 2.39. The lowest BCUT2D eigenvalue weighted by molar-refractivity contribution is -0.383. The zero-order chi connectivity index (χ0) is 14.4. The third-order valence-corrected chi connectivity index (χ3v) is 6.77.